The van der Waals surface area contributed by atoms with Crippen LogP contribution in [0.4, 0.5) is 0 Å². The number of hydrogen-bond donors (Lipinski definition) is 1. The monoisotopic (exact) mass is 308 g/mol. The van der Waals surface area contributed by atoms with Crippen LogP contribution < -0.4 is 5.69 Å². The van der Waals surface area contributed by atoms with E-state index in [1.54, 1.807) is 12.1 Å². The molecule has 2 aromatic rings. The molecule has 1 N–H and O–H groups in total. The summed E-state index contributed by atoms with van der Waals surface area (Å²) in [6, 6.07) is 7.19. The molecule has 92 valence electrons. The van der Waals surface area contributed by atoms with E-state index in [1.165, 1.54) is 13.3 Å². The highest BCUT2D eigenvalue weighted by atomic mass is 79.9. The van der Waals surface area contributed by atoms with Crippen LogP contribution >= 0.6 is 15.9 Å². The van der Waals surface area contributed by atoms with E-state index in [4.69, 9.17) is 0 Å². The first-order valence-electron chi connectivity index (χ1n) is 5.05. The van der Waals surface area contributed by atoms with Crippen LogP contribution in [0.25, 0.3) is 11.3 Å². The zero-order valence-electron chi connectivity index (χ0n) is 9.44. The van der Waals surface area contributed by atoms with Gasteiger partial charge in [-0.2, -0.15) is 0 Å². The first-order valence-corrected chi connectivity index (χ1v) is 5.84. The molecule has 0 spiro atoms. The summed E-state index contributed by atoms with van der Waals surface area (Å²) < 4.78 is 5.56. The van der Waals surface area contributed by atoms with Gasteiger partial charge in [-0.3, -0.25) is 0 Å². The Morgan fingerprint density at radius 3 is 2.61 bits per heavy atom. The summed E-state index contributed by atoms with van der Waals surface area (Å²) in [4.78, 5) is 28.9. The molecule has 1 aromatic carbocycles. The number of esters is 1. The van der Waals surface area contributed by atoms with Crippen LogP contribution in [0.15, 0.2) is 39.7 Å². The number of nitrogens with one attached hydrogen (secondary N) is 1. The largest absolute Gasteiger partial charge is 0.465 e. The fourth-order valence-electron chi connectivity index (χ4n) is 1.50. The second kappa shape index (κ2) is 5.14. The van der Waals surface area contributed by atoms with Crippen molar-refractivity contribution in [1.29, 1.82) is 0 Å². The zero-order chi connectivity index (χ0) is 13.1. The van der Waals surface area contributed by atoms with Crippen molar-refractivity contribution in [3.8, 4) is 11.3 Å². The summed E-state index contributed by atoms with van der Waals surface area (Å²) in [5, 5.41) is 0. The molecule has 0 saturated heterocycles. The van der Waals surface area contributed by atoms with Gasteiger partial charge in [0.2, 0.25) is 0 Å². The molecular weight excluding hydrogens is 300 g/mol. The third kappa shape index (κ3) is 2.48. The van der Waals surface area contributed by atoms with Gasteiger partial charge in [0.1, 0.15) is 5.56 Å². The van der Waals surface area contributed by atoms with Crippen molar-refractivity contribution < 1.29 is 9.53 Å². The first kappa shape index (κ1) is 12.5. The van der Waals surface area contributed by atoms with Crippen molar-refractivity contribution in [2.24, 2.45) is 0 Å². The van der Waals surface area contributed by atoms with E-state index in [1.807, 2.05) is 12.1 Å². The number of H-pyrrole nitrogens is 1. The number of ether oxygens (including phenoxy) is 1. The summed E-state index contributed by atoms with van der Waals surface area (Å²) in [7, 11) is 1.28. The van der Waals surface area contributed by atoms with Crippen molar-refractivity contribution in [2.75, 3.05) is 7.11 Å². The predicted molar refractivity (Wildman–Crippen MR) is 69.3 cm³/mol. The van der Waals surface area contributed by atoms with Crippen LogP contribution in [0.2, 0.25) is 0 Å². The van der Waals surface area contributed by atoms with Crippen molar-refractivity contribution in [3.63, 3.8) is 0 Å². The molecule has 0 unspecified atom stereocenters. The van der Waals surface area contributed by atoms with Crippen molar-refractivity contribution >= 4 is 21.9 Å². The Morgan fingerprint density at radius 1 is 1.33 bits per heavy atom. The Bertz CT molecular complexity index is 635. The van der Waals surface area contributed by atoms with Crippen LogP contribution in [0, 0.1) is 0 Å². The molecular formula is C12H9BrN2O3. The van der Waals surface area contributed by atoms with Gasteiger partial charge < -0.3 is 9.72 Å². The number of carbonyl (C=O) groups excluding carboxylic acids is 1. The number of carbonyl (C=O) groups is 1. The van der Waals surface area contributed by atoms with Crippen LogP contribution in [-0.4, -0.2) is 23.0 Å². The van der Waals surface area contributed by atoms with E-state index in [0.29, 0.717) is 11.3 Å². The molecule has 0 saturated carbocycles. The highest BCUT2D eigenvalue weighted by molar-refractivity contribution is 9.10. The van der Waals surface area contributed by atoms with E-state index < -0.39 is 11.7 Å². The van der Waals surface area contributed by atoms with Crippen molar-refractivity contribution in [1.82, 2.24) is 9.97 Å². The first-order chi connectivity index (χ1) is 8.61. The zero-order valence-corrected chi connectivity index (χ0v) is 11.0. The average molecular weight is 309 g/mol. The van der Waals surface area contributed by atoms with Crippen LogP contribution in [-0.2, 0) is 4.74 Å². The lowest BCUT2D eigenvalue weighted by Crippen LogP contribution is -2.15. The maximum atomic E-state index is 11.6. The minimum atomic E-state index is -0.545. The molecule has 0 aliphatic heterocycles. The summed E-state index contributed by atoms with van der Waals surface area (Å²) in [6.07, 6.45) is 1.21. The molecule has 5 nitrogen and oxygen atoms in total. The molecule has 0 aliphatic rings. The fraction of sp³-hybridized carbons (Fsp3) is 0.0833. The third-order valence-electron chi connectivity index (χ3n) is 2.35. The van der Waals surface area contributed by atoms with Gasteiger partial charge in [0.25, 0.3) is 0 Å². The number of halogens is 1. The lowest BCUT2D eigenvalue weighted by molar-refractivity contribution is 0.0600. The minimum Gasteiger partial charge on any atom is -0.465 e. The van der Waals surface area contributed by atoms with Gasteiger partial charge in [-0.1, -0.05) is 28.1 Å². The average Bonchev–Trinajstić information content (AvgIpc) is 2.38. The molecule has 0 fully saturated rings. The molecule has 0 bridgehead atoms. The molecule has 1 heterocycles. The topological polar surface area (TPSA) is 72.0 Å². The Balaban J connectivity index is 2.61. The lowest BCUT2D eigenvalue weighted by atomic mass is 10.1. The molecule has 2 rings (SSSR count). The third-order valence-corrected chi connectivity index (χ3v) is 2.88. The summed E-state index contributed by atoms with van der Waals surface area (Å²) in [5.74, 6) is -0.545. The minimum absolute atomic E-state index is 0.222. The van der Waals surface area contributed by atoms with Gasteiger partial charge in [-0.05, 0) is 17.7 Å². The summed E-state index contributed by atoms with van der Waals surface area (Å²) >= 11 is 3.32. The molecule has 0 atom stereocenters. The maximum Gasteiger partial charge on any atom is 0.345 e. The molecule has 0 aliphatic carbocycles. The second-order valence-corrected chi connectivity index (χ2v) is 4.39. The van der Waals surface area contributed by atoms with Crippen molar-refractivity contribution in [3.05, 3.63) is 51.0 Å². The van der Waals surface area contributed by atoms with Gasteiger partial charge in [0.05, 0.1) is 12.8 Å². The summed E-state index contributed by atoms with van der Waals surface area (Å²) in [5.41, 5.74) is 0.812. The molecule has 6 heteroatoms. The smallest absolute Gasteiger partial charge is 0.345 e. The van der Waals surface area contributed by atoms with Gasteiger partial charge in [0, 0.05) is 10.7 Å². The molecule has 1 aromatic heterocycles. The van der Waals surface area contributed by atoms with E-state index in [-0.39, 0.29) is 5.56 Å². The Hall–Kier alpha value is -1.95. The highest BCUT2D eigenvalue weighted by Gasteiger charge is 2.14. The van der Waals surface area contributed by atoms with Crippen LogP contribution in [0.3, 0.4) is 0 Å². The number of methoxy groups -OCH3 is 1. The standard InChI is InChI=1S/C12H9BrN2O3/c1-18-11(16)9-6-14-12(17)15-10(9)7-2-4-8(13)5-3-7/h2-6H,1H3,(H,14,15,17). The van der Waals surface area contributed by atoms with E-state index in [2.05, 4.69) is 30.6 Å². The lowest BCUT2D eigenvalue weighted by Gasteiger charge is -2.06. The van der Waals surface area contributed by atoms with E-state index >= 15 is 0 Å². The second-order valence-electron chi connectivity index (χ2n) is 3.48. The van der Waals surface area contributed by atoms with E-state index in [0.717, 1.165) is 4.47 Å². The fourth-order valence-corrected chi connectivity index (χ4v) is 1.77. The number of benzene rings is 1. The number of hydrogen-bond acceptors (Lipinski definition) is 4. The SMILES string of the molecule is COC(=O)c1cnc(=O)[nH]c1-c1ccc(Br)cc1. The normalized spacial score (nSPS) is 10.1. The van der Waals surface area contributed by atoms with Crippen LogP contribution in [0.1, 0.15) is 10.4 Å². The van der Waals surface area contributed by atoms with Crippen LogP contribution in [0.5, 0.6) is 0 Å². The van der Waals surface area contributed by atoms with Gasteiger partial charge in [-0.15, -0.1) is 0 Å². The van der Waals surface area contributed by atoms with Gasteiger partial charge >= 0.3 is 11.7 Å². The van der Waals surface area contributed by atoms with Crippen molar-refractivity contribution in [2.45, 2.75) is 0 Å². The Kier molecular flexibility index (Phi) is 3.57. The van der Waals surface area contributed by atoms with Gasteiger partial charge in [0.15, 0.2) is 0 Å². The maximum absolute atomic E-state index is 11.6. The molecule has 0 radical (unpaired) electrons. The summed E-state index contributed by atoms with van der Waals surface area (Å²) in [6.45, 7) is 0. The number of rotatable bonds is 2. The van der Waals surface area contributed by atoms with E-state index in [9.17, 15) is 9.59 Å². The Labute approximate surface area is 111 Å². The predicted octanol–water partition coefficient (Wildman–Crippen LogP) is 1.99. The number of nitrogens with zero attached hydrogens (tertiary/aromatic N) is 1. The quantitative estimate of drug-likeness (QED) is 0.861. The molecule has 18 heavy (non-hydrogen) atoms. The van der Waals surface area contributed by atoms with Gasteiger partial charge in [-0.25, -0.2) is 14.6 Å². The number of aromatic amines is 1. The Morgan fingerprint density at radius 2 is 2.00 bits per heavy atom. The molecule has 0 amide bonds. The highest BCUT2D eigenvalue weighted by Crippen LogP contribution is 2.22. The number of aromatic nitrogens is 2.